The van der Waals surface area contributed by atoms with Crippen LogP contribution in [0.2, 0.25) is 0 Å². The number of hydrogen-bond acceptors (Lipinski definition) is 5. The van der Waals surface area contributed by atoms with Crippen molar-refractivity contribution in [2.24, 2.45) is 0 Å². The van der Waals surface area contributed by atoms with Crippen molar-refractivity contribution in [2.45, 2.75) is 83.7 Å². The number of anilines is 1. The molecule has 0 radical (unpaired) electrons. The van der Waals surface area contributed by atoms with Crippen LogP contribution < -0.4 is 10.0 Å². The summed E-state index contributed by atoms with van der Waals surface area (Å²) in [5.41, 5.74) is 0.1000. The van der Waals surface area contributed by atoms with Crippen molar-refractivity contribution in [3.8, 4) is 0 Å². The molecule has 2 aromatic rings. The molecule has 33 heavy (non-hydrogen) atoms. The van der Waals surface area contributed by atoms with Gasteiger partial charge in [-0.1, -0.05) is 46.1 Å². The molecule has 0 bridgehead atoms. The second-order valence-corrected chi connectivity index (χ2v) is 11.6. The van der Waals surface area contributed by atoms with Crippen LogP contribution in [0.4, 0.5) is 10.1 Å². The van der Waals surface area contributed by atoms with Gasteiger partial charge in [-0.05, 0) is 37.5 Å². The normalized spacial score (nSPS) is 16.4. The first kappa shape index (κ1) is 25.1. The van der Waals surface area contributed by atoms with Gasteiger partial charge >= 0.3 is 0 Å². The average molecular weight is 480 g/mol. The minimum Gasteiger partial charge on any atom is -0.348 e. The van der Waals surface area contributed by atoms with Crippen LogP contribution in [0.25, 0.3) is 0 Å². The largest absolute Gasteiger partial charge is 0.348 e. The van der Waals surface area contributed by atoms with Crippen molar-refractivity contribution < 1.29 is 17.6 Å². The molecule has 1 saturated carbocycles. The maximum Gasteiger partial charge on any atom is 0.229 e. The molecule has 1 unspecified atom stereocenters. The Hall–Kier alpha value is -2.49. The molecule has 0 spiro atoms. The third-order valence-electron chi connectivity index (χ3n) is 5.90. The number of nitrogens with one attached hydrogen (secondary N) is 2. The fourth-order valence-electron chi connectivity index (χ4n) is 3.97. The van der Waals surface area contributed by atoms with E-state index in [2.05, 4.69) is 30.8 Å². The highest BCUT2D eigenvalue weighted by Gasteiger charge is 2.27. The lowest BCUT2D eigenvalue weighted by atomic mass is 9.95. The predicted molar refractivity (Wildman–Crippen MR) is 126 cm³/mol. The summed E-state index contributed by atoms with van der Waals surface area (Å²) in [5, 5.41) is 7.70. The number of carbonyl (C=O) groups is 1. The molecule has 0 saturated heterocycles. The zero-order valence-corrected chi connectivity index (χ0v) is 20.8. The standard InChI is InChI=1S/C23H34FN5O3S/c1-15(16-11-12-19(18(24)13-16)28-33(5,31)32)21(30)25-14-20-26-22(23(2,3)4)27-29(20)17-9-7-6-8-10-17/h11-13,15,17,28H,6-10,14H2,1-5H3,(H,25,30). The summed E-state index contributed by atoms with van der Waals surface area (Å²) in [7, 11) is -3.60. The number of benzene rings is 1. The monoisotopic (exact) mass is 479 g/mol. The molecule has 1 aliphatic rings. The maximum absolute atomic E-state index is 14.3. The molecule has 1 heterocycles. The van der Waals surface area contributed by atoms with E-state index >= 15 is 0 Å². The van der Waals surface area contributed by atoms with Crippen LogP contribution in [0.3, 0.4) is 0 Å². The highest BCUT2D eigenvalue weighted by molar-refractivity contribution is 7.92. The third-order valence-corrected chi connectivity index (χ3v) is 6.49. The third kappa shape index (κ3) is 6.52. The van der Waals surface area contributed by atoms with Crippen LogP contribution in [0.15, 0.2) is 18.2 Å². The summed E-state index contributed by atoms with van der Waals surface area (Å²) in [4.78, 5) is 17.6. The Kier molecular flexibility index (Phi) is 7.45. The van der Waals surface area contributed by atoms with Gasteiger partial charge in [0, 0.05) is 5.41 Å². The number of rotatable bonds is 7. The first-order chi connectivity index (χ1) is 15.3. The molecule has 8 nitrogen and oxygen atoms in total. The number of amides is 1. The highest BCUT2D eigenvalue weighted by Crippen LogP contribution is 2.30. The van der Waals surface area contributed by atoms with Crippen molar-refractivity contribution in [2.75, 3.05) is 11.0 Å². The van der Waals surface area contributed by atoms with Crippen LogP contribution in [-0.2, 0) is 26.8 Å². The number of hydrogen-bond donors (Lipinski definition) is 2. The highest BCUT2D eigenvalue weighted by atomic mass is 32.2. The Morgan fingerprint density at radius 1 is 1.24 bits per heavy atom. The van der Waals surface area contributed by atoms with E-state index in [0.717, 1.165) is 43.6 Å². The van der Waals surface area contributed by atoms with Crippen molar-refractivity contribution in [3.05, 3.63) is 41.2 Å². The number of carbonyl (C=O) groups excluding carboxylic acids is 1. The van der Waals surface area contributed by atoms with E-state index in [9.17, 15) is 17.6 Å². The van der Waals surface area contributed by atoms with E-state index in [1.54, 1.807) is 13.0 Å². The van der Waals surface area contributed by atoms with Gasteiger partial charge in [0.2, 0.25) is 15.9 Å². The maximum atomic E-state index is 14.3. The Labute approximate surface area is 195 Å². The second kappa shape index (κ2) is 9.79. The predicted octanol–water partition coefficient (Wildman–Crippen LogP) is 4.01. The lowest BCUT2D eigenvalue weighted by Gasteiger charge is -2.23. The first-order valence-corrected chi connectivity index (χ1v) is 13.2. The number of sulfonamides is 1. The van der Waals surface area contributed by atoms with Gasteiger partial charge in [-0.2, -0.15) is 5.10 Å². The summed E-state index contributed by atoms with van der Waals surface area (Å²) in [6.07, 6.45) is 6.61. The SMILES string of the molecule is CC(C(=O)NCc1nc(C(C)(C)C)nn1C1CCCCC1)c1ccc(NS(C)(=O)=O)c(F)c1. The number of aromatic nitrogens is 3. The fraction of sp³-hybridized carbons (Fsp3) is 0.609. The van der Waals surface area contributed by atoms with Crippen LogP contribution in [0.5, 0.6) is 0 Å². The van der Waals surface area contributed by atoms with Crippen molar-refractivity contribution >= 4 is 21.6 Å². The molecule has 182 valence electrons. The summed E-state index contributed by atoms with van der Waals surface area (Å²) < 4.78 is 41.2. The molecule has 2 N–H and O–H groups in total. The van der Waals surface area contributed by atoms with E-state index in [1.165, 1.54) is 18.6 Å². The van der Waals surface area contributed by atoms with E-state index in [-0.39, 0.29) is 29.6 Å². The second-order valence-electron chi connectivity index (χ2n) is 9.89. The summed E-state index contributed by atoms with van der Waals surface area (Å²) >= 11 is 0. The minimum atomic E-state index is -3.60. The van der Waals surface area contributed by atoms with Gasteiger partial charge in [-0.3, -0.25) is 9.52 Å². The Morgan fingerprint density at radius 2 is 1.91 bits per heavy atom. The molecule has 3 rings (SSSR count). The molecule has 0 aliphatic heterocycles. The van der Waals surface area contributed by atoms with Gasteiger partial charge in [0.05, 0.1) is 30.4 Å². The van der Waals surface area contributed by atoms with Gasteiger partial charge in [0.25, 0.3) is 0 Å². The summed E-state index contributed by atoms with van der Waals surface area (Å²) in [5.74, 6) is -0.147. The lowest BCUT2D eigenvalue weighted by molar-refractivity contribution is -0.122. The van der Waals surface area contributed by atoms with E-state index in [0.29, 0.717) is 5.56 Å². The van der Waals surface area contributed by atoms with Crippen LogP contribution >= 0.6 is 0 Å². The quantitative estimate of drug-likeness (QED) is 0.624. The van der Waals surface area contributed by atoms with Gasteiger partial charge < -0.3 is 5.32 Å². The van der Waals surface area contributed by atoms with E-state index in [4.69, 9.17) is 10.1 Å². The van der Waals surface area contributed by atoms with Crippen molar-refractivity contribution in [1.29, 1.82) is 0 Å². The van der Waals surface area contributed by atoms with Crippen LogP contribution in [0.1, 0.15) is 89.0 Å². The molecule has 1 aromatic heterocycles. The zero-order chi connectivity index (χ0) is 24.4. The van der Waals surface area contributed by atoms with E-state index < -0.39 is 21.8 Å². The molecular weight excluding hydrogens is 445 g/mol. The smallest absolute Gasteiger partial charge is 0.229 e. The summed E-state index contributed by atoms with van der Waals surface area (Å²) in [6.45, 7) is 8.11. The molecule has 1 aromatic carbocycles. The van der Waals surface area contributed by atoms with Crippen LogP contribution in [-0.4, -0.2) is 35.3 Å². The minimum absolute atomic E-state index is 0.149. The van der Waals surface area contributed by atoms with Crippen LogP contribution in [0, 0.1) is 5.82 Å². The first-order valence-electron chi connectivity index (χ1n) is 11.4. The van der Waals surface area contributed by atoms with Gasteiger partial charge in [0.15, 0.2) is 5.82 Å². The molecule has 1 aliphatic carbocycles. The molecule has 1 fully saturated rings. The van der Waals surface area contributed by atoms with Crippen molar-refractivity contribution in [3.63, 3.8) is 0 Å². The molecular formula is C23H34FN5O3S. The molecule has 10 heteroatoms. The fourth-order valence-corrected chi connectivity index (χ4v) is 4.53. The Bertz CT molecular complexity index is 1100. The lowest BCUT2D eigenvalue weighted by Crippen LogP contribution is -2.30. The topological polar surface area (TPSA) is 106 Å². The Balaban J connectivity index is 1.73. The Morgan fingerprint density at radius 3 is 2.48 bits per heavy atom. The number of halogens is 1. The van der Waals surface area contributed by atoms with Crippen molar-refractivity contribution in [1.82, 2.24) is 20.1 Å². The van der Waals surface area contributed by atoms with E-state index in [1.807, 2.05) is 4.68 Å². The average Bonchev–Trinajstić information content (AvgIpc) is 3.17. The number of nitrogens with zero attached hydrogens (tertiary/aromatic N) is 3. The zero-order valence-electron chi connectivity index (χ0n) is 20.0. The van der Waals surface area contributed by atoms with Gasteiger partial charge in [0.1, 0.15) is 11.6 Å². The van der Waals surface area contributed by atoms with Gasteiger partial charge in [-0.25, -0.2) is 22.5 Å². The summed E-state index contributed by atoms with van der Waals surface area (Å²) in [6, 6.07) is 4.34. The molecule has 1 amide bonds. The molecule has 1 atom stereocenters. The van der Waals surface area contributed by atoms with Gasteiger partial charge in [-0.15, -0.1) is 0 Å².